The van der Waals surface area contributed by atoms with Gasteiger partial charge in [-0.25, -0.2) is 4.39 Å². The second-order valence-electron chi connectivity index (χ2n) is 7.78. The SMILES string of the molecule is COCC(=O)N(Cc1cccc(F)c1)c1ccc(CC(=O)NCCN2CCCC2)cc1. The monoisotopic (exact) mass is 427 g/mol. The minimum absolute atomic E-state index is 0.0148. The van der Waals surface area contributed by atoms with Crippen molar-refractivity contribution >= 4 is 17.5 Å². The van der Waals surface area contributed by atoms with Crippen molar-refractivity contribution < 1.29 is 18.7 Å². The smallest absolute Gasteiger partial charge is 0.253 e. The number of rotatable bonds is 10. The quantitative estimate of drug-likeness (QED) is 0.633. The van der Waals surface area contributed by atoms with Gasteiger partial charge >= 0.3 is 0 Å². The van der Waals surface area contributed by atoms with Crippen molar-refractivity contribution in [1.82, 2.24) is 10.2 Å². The Bertz CT molecular complexity index is 867. The highest BCUT2D eigenvalue weighted by atomic mass is 19.1. The molecule has 3 rings (SSSR count). The third-order valence-corrected chi connectivity index (χ3v) is 5.36. The number of carbonyl (C=O) groups excluding carboxylic acids is 2. The molecule has 0 spiro atoms. The fourth-order valence-electron chi connectivity index (χ4n) is 3.74. The van der Waals surface area contributed by atoms with Crippen LogP contribution in [0, 0.1) is 5.82 Å². The van der Waals surface area contributed by atoms with E-state index in [1.165, 1.54) is 32.1 Å². The van der Waals surface area contributed by atoms with E-state index in [9.17, 15) is 14.0 Å². The molecular formula is C24H30FN3O3. The van der Waals surface area contributed by atoms with E-state index in [0.29, 0.717) is 17.8 Å². The summed E-state index contributed by atoms with van der Waals surface area (Å²) >= 11 is 0. The maximum atomic E-state index is 13.6. The van der Waals surface area contributed by atoms with Gasteiger partial charge in [-0.1, -0.05) is 24.3 Å². The zero-order valence-electron chi connectivity index (χ0n) is 18.0. The molecule has 0 unspecified atom stereocenters. The number of hydrogen-bond acceptors (Lipinski definition) is 4. The number of anilines is 1. The summed E-state index contributed by atoms with van der Waals surface area (Å²) in [7, 11) is 1.46. The largest absolute Gasteiger partial charge is 0.375 e. The van der Waals surface area contributed by atoms with Crippen molar-refractivity contribution in [3.05, 3.63) is 65.5 Å². The second-order valence-corrected chi connectivity index (χ2v) is 7.78. The molecule has 1 fully saturated rings. The van der Waals surface area contributed by atoms with Gasteiger partial charge < -0.3 is 19.9 Å². The Balaban J connectivity index is 1.59. The molecule has 0 aromatic heterocycles. The Hall–Kier alpha value is -2.77. The number of amides is 2. The molecular weight excluding hydrogens is 397 g/mol. The normalized spacial score (nSPS) is 13.9. The van der Waals surface area contributed by atoms with Gasteiger partial charge in [-0.3, -0.25) is 9.59 Å². The number of ether oxygens (including phenoxy) is 1. The molecule has 1 heterocycles. The molecule has 0 aliphatic carbocycles. The number of methoxy groups -OCH3 is 1. The Morgan fingerprint density at radius 2 is 1.84 bits per heavy atom. The van der Waals surface area contributed by atoms with Gasteiger partial charge in [0.2, 0.25) is 5.91 Å². The maximum absolute atomic E-state index is 13.6. The van der Waals surface area contributed by atoms with E-state index in [1.807, 2.05) is 12.1 Å². The third kappa shape index (κ3) is 7.15. The molecule has 6 nitrogen and oxygen atoms in total. The van der Waals surface area contributed by atoms with Gasteiger partial charge in [0.25, 0.3) is 5.91 Å². The Labute approximate surface area is 183 Å². The van der Waals surface area contributed by atoms with Crippen molar-refractivity contribution in [2.45, 2.75) is 25.8 Å². The van der Waals surface area contributed by atoms with Crippen LogP contribution in [0.2, 0.25) is 0 Å². The topological polar surface area (TPSA) is 61.9 Å². The Kier molecular flexibility index (Phi) is 8.55. The molecule has 0 saturated carbocycles. The fourth-order valence-corrected chi connectivity index (χ4v) is 3.74. The molecule has 2 aromatic carbocycles. The maximum Gasteiger partial charge on any atom is 0.253 e. The third-order valence-electron chi connectivity index (χ3n) is 5.36. The van der Waals surface area contributed by atoms with Crippen LogP contribution in [-0.4, -0.2) is 56.6 Å². The van der Waals surface area contributed by atoms with Crippen LogP contribution in [0.4, 0.5) is 10.1 Å². The van der Waals surface area contributed by atoms with E-state index in [4.69, 9.17) is 4.74 Å². The molecule has 31 heavy (non-hydrogen) atoms. The predicted molar refractivity (Wildman–Crippen MR) is 118 cm³/mol. The standard InChI is InChI=1S/C24H30FN3O3/c1-31-18-24(30)28(17-20-5-4-6-21(25)15-20)22-9-7-19(8-10-22)16-23(29)26-11-14-27-12-2-3-13-27/h4-10,15H,2-3,11-14,16-18H2,1H3,(H,26,29). The number of hydrogen-bond donors (Lipinski definition) is 1. The van der Waals surface area contributed by atoms with Crippen molar-refractivity contribution in [3.8, 4) is 0 Å². The molecule has 0 bridgehead atoms. The minimum atomic E-state index is -0.345. The van der Waals surface area contributed by atoms with Crippen LogP contribution in [0.25, 0.3) is 0 Å². The zero-order valence-corrected chi connectivity index (χ0v) is 18.0. The summed E-state index contributed by atoms with van der Waals surface area (Å²) in [6.45, 7) is 3.94. The summed E-state index contributed by atoms with van der Waals surface area (Å²) in [5, 5.41) is 2.97. The second kappa shape index (κ2) is 11.6. The molecule has 7 heteroatoms. The van der Waals surface area contributed by atoms with Crippen molar-refractivity contribution in [1.29, 1.82) is 0 Å². The molecule has 0 atom stereocenters. The van der Waals surface area contributed by atoms with E-state index in [0.717, 1.165) is 25.2 Å². The van der Waals surface area contributed by atoms with Gasteiger partial charge in [-0.15, -0.1) is 0 Å². The minimum Gasteiger partial charge on any atom is -0.375 e. The molecule has 1 aliphatic rings. The first kappa shape index (κ1) is 22.9. The van der Waals surface area contributed by atoms with Crippen molar-refractivity contribution in [2.75, 3.05) is 44.8 Å². The van der Waals surface area contributed by atoms with E-state index < -0.39 is 0 Å². The lowest BCUT2D eigenvalue weighted by molar-refractivity contribution is -0.122. The van der Waals surface area contributed by atoms with Crippen LogP contribution in [0.3, 0.4) is 0 Å². The van der Waals surface area contributed by atoms with Gasteiger partial charge in [-0.05, 0) is 61.3 Å². The lowest BCUT2D eigenvalue weighted by atomic mass is 10.1. The van der Waals surface area contributed by atoms with E-state index in [1.54, 1.807) is 29.2 Å². The Morgan fingerprint density at radius 1 is 1.10 bits per heavy atom. The van der Waals surface area contributed by atoms with Crippen molar-refractivity contribution in [2.24, 2.45) is 0 Å². The van der Waals surface area contributed by atoms with Crippen LogP contribution in [-0.2, 0) is 27.3 Å². The van der Waals surface area contributed by atoms with Gasteiger partial charge in [0.1, 0.15) is 12.4 Å². The highest BCUT2D eigenvalue weighted by Crippen LogP contribution is 2.19. The molecule has 0 radical (unpaired) electrons. The molecule has 2 aromatic rings. The predicted octanol–water partition coefficient (Wildman–Crippen LogP) is 2.76. The van der Waals surface area contributed by atoms with E-state index >= 15 is 0 Å². The van der Waals surface area contributed by atoms with Crippen LogP contribution in [0.15, 0.2) is 48.5 Å². The number of nitrogens with zero attached hydrogens (tertiary/aromatic N) is 2. The first-order valence-corrected chi connectivity index (χ1v) is 10.7. The molecule has 1 N–H and O–H groups in total. The molecule has 1 aliphatic heterocycles. The van der Waals surface area contributed by atoms with Gasteiger partial charge in [0.05, 0.1) is 13.0 Å². The van der Waals surface area contributed by atoms with E-state index in [-0.39, 0.29) is 37.2 Å². The summed E-state index contributed by atoms with van der Waals surface area (Å²) in [4.78, 5) is 28.7. The number of carbonyl (C=O) groups is 2. The van der Waals surface area contributed by atoms with Crippen LogP contribution >= 0.6 is 0 Å². The van der Waals surface area contributed by atoms with Crippen molar-refractivity contribution in [3.63, 3.8) is 0 Å². The average Bonchev–Trinajstić information content (AvgIpc) is 3.26. The number of halogens is 1. The van der Waals surface area contributed by atoms with Gasteiger partial charge in [0, 0.05) is 25.9 Å². The van der Waals surface area contributed by atoms with Crippen LogP contribution < -0.4 is 10.2 Å². The highest BCUT2D eigenvalue weighted by molar-refractivity contribution is 5.94. The summed E-state index contributed by atoms with van der Waals surface area (Å²) < 4.78 is 18.5. The van der Waals surface area contributed by atoms with Crippen LogP contribution in [0.1, 0.15) is 24.0 Å². The lowest BCUT2D eigenvalue weighted by Crippen LogP contribution is -2.34. The lowest BCUT2D eigenvalue weighted by Gasteiger charge is -2.23. The Morgan fingerprint density at radius 3 is 2.52 bits per heavy atom. The van der Waals surface area contributed by atoms with E-state index in [2.05, 4.69) is 10.2 Å². The zero-order chi connectivity index (χ0) is 22.1. The number of benzene rings is 2. The number of likely N-dealkylation sites (tertiary alicyclic amines) is 1. The first-order chi connectivity index (χ1) is 15.0. The summed E-state index contributed by atoms with van der Waals surface area (Å²) in [5.41, 5.74) is 2.22. The number of nitrogens with one attached hydrogen (secondary N) is 1. The summed E-state index contributed by atoms with van der Waals surface area (Å²) in [5.74, 6) is -0.582. The fraction of sp³-hybridized carbons (Fsp3) is 0.417. The molecule has 2 amide bonds. The summed E-state index contributed by atoms with van der Waals surface area (Å²) in [6, 6.07) is 13.5. The van der Waals surface area contributed by atoms with Crippen LogP contribution in [0.5, 0.6) is 0 Å². The highest BCUT2D eigenvalue weighted by Gasteiger charge is 2.17. The molecule has 1 saturated heterocycles. The molecule has 166 valence electrons. The van der Waals surface area contributed by atoms with Gasteiger partial charge in [0.15, 0.2) is 0 Å². The first-order valence-electron chi connectivity index (χ1n) is 10.7. The summed E-state index contributed by atoms with van der Waals surface area (Å²) in [6.07, 6.45) is 2.77. The van der Waals surface area contributed by atoms with Gasteiger partial charge in [-0.2, -0.15) is 0 Å². The average molecular weight is 428 g/mol.